The van der Waals surface area contributed by atoms with Crippen LogP contribution in [0.25, 0.3) is 0 Å². The van der Waals surface area contributed by atoms with Gasteiger partial charge in [0.1, 0.15) is 18.1 Å². The van der Waals surface area contributed by atoms with Crippen LogP contribution in [0.1, 0.15) is 40.8 Å². The van der Waals surface area contributed by atoms with Crippen LogP contribution in [0.2, 0.25) is 5.02 Å². The van der Waals surface area contributed by atoms with Gasteiger partial charge in [0.15, 0.2) is 0 Å². The predicted octanol–water partition coefficient (Wildman–Crippen LogP) is 5.38. The predicted molar refractivity (Wildman–Crippen MR) is 137 cm³/mol. The molecule has 7 heteroatoms. The average Bonchev–Trinajstić information content (AvgIpc) is 3.28. The summed E-state index contributed by atoms with van der Waals surface area (Å²) in [7, 11) is 0. The molecule has 0 saturated carbocycles. The van der Waals surface area contributed by atoms with Crippen LogP contribution < -0.4 is 0 Å². The number of carbonyl (C=O) groups is 2. The van der Waals surface area contributed by atoms with E-state index in [2.05, 4.69) is 0 Å². The summed E-state index contributed by atoms with van der Waals surface area (Å²) < 4.78 is 11.2. The lowest BCUT2D eigenvalue weighted by molar-refractivity contribution is -0.132. The Bertz CT molecular complexity index is 1070. The average molecular weight is 497 g/mol. The number of carbonyl (C=O) groups excluding carboxylic acids is 2. The number of amides is 2. The van der Waals surface area contributed by atoms with E-state index in [0.717, 1.165) is 17.1 Å². The lowest BCUT2D eigenvalue weighted by atomic mass is 10.1. The van der Waals surface area contributed by atoms with Crippen molar-refractivity contribution < 1.29 is 18.7 Å². The molecule has 0 fully saturated rings. The molecule has 6 nitrogen and oxygen atoms in total. The first-order valence-electron chi connectivity index (χ1n) is 12.0. The number of benzene rings is 2. The van der Waals surface area contributed by atoms with E-state index in [1.807, 2.05) is 56.3 Å². The summed E-state index contributed by atoms with van der Waals surface area (Å²) in [6, 6.07) is 20.5. The molecule has 2 amide bonds. The zero-order chi connectivity index (χ0) is 25.0. The first-order valence-corrected chi connectivity index (χ1v) is 12.3. The van der Waals surface area contributed by atoms with Crippen molar-refractivity contribution in [3.05, 3.63) is 94.4 Å². The van der Waals surface area contributed by atoms with E-state index in [1.54, 1.807) is 34.1 Å². The van der Waals surface area contributed by atoms with Gasteiger partial charge < -0.3 is 19.0 Å². The van der Waals surface area contributed by atoms with E-state index in [9.17, 15) is 9.59 Å². The molecule has 0 bridgehead atoms. The SMILES string of the molecule is CCOCCCN(CC(=O)N(CCc1ccccc1)Cc1ccc(C)o1)C(=O)c1ccc(Cl)cc1. The van der Waals surface area contributed by atoms with Gasteiger partial charge in [0.25, 0.3) is 5.91 Å². The van der Waals surface area contributed by atoms with Crippen LogP contribution >= 0.6 is 11.6 Å². The summed E-state index contributed by atoms with van der Waals surface area (Å²) in [6.45, 7) is 6.21. The van der Waals surface area contributed by atoms with Crippen molar-refractivity contribution in [2.45, 2.75) is 33.2 Å². The highest BCUT2D eigenvalue weighted by atomic mass is 35.5. The van der Waals surface area contributed by atoms with Crippen molar-refractivity contribution in [3.63, 3.8) is 0 Å². The third-order valence-corrected chi connectivity index (χ3v) is 5.89. The van der Waals surface area contributed by atoms with Crippen LogP contribution in [0.5, 0.6) is 0 Å². The summed E-state index contributed by atoms with van der Waals surface area (Å²) in [5.74, 6) is 1.18. The van der Waals surface area contributed by atoms with Crippen LogP contribution in [0, 0.1) is 6.92 Å². The molecule has 0 radical (unpaired) electrons. The zero-order valence-corrected chi connectivity index (χ0v) is 21.2. The summed E-state index contributed by atoms with van der Waals surface area (Å²) in [5, 5.41) is 0.557. The Morgan fingerprint density at radius 3 is 2.34 bits per heavy atom. The van der Waals surface area contributed by atoms with Crippen molar-refractivity contribution in [2.75, 3.05) is 32.8 Å². The minimum absolute atomic E-state index is 0.0257. The minimum atomic E-state index is -0.205. The number of ether oxygens (including phenoxy) is 1. The molecule has 0 unspecified atom stereocenters. The lowest BCUT2D eigenvalue weighted by Crippen LogP contribution is -2.44. The number of nitrogens with zero attached hydrogens (tertiary/aromatic N) is 2. The van der Waals surface area contributed by atoms with E-state index in [0.29, 0.717) is 56.3 Å². The molecule has 35 heavy (non-hydrogen) atoms. The Labute approximate surface area is 212 Å². The molecule has 3 rings (SSSR count). The fraction of sp³-hybridized carbons (Fsp3) is 0.357. The van der Waals surface area contributed by atoms with Crippen molar-refractivity contribution in [2.24, 2.45) is 0 Å². The molecule has 0 saturated heterocycles. The molecule has 0 aliphatic heterocycles. The van der Waals surface area contributed by atoms with Crippen LogP contribution in [0.15, 0.2) is 71.1 Å². The Hall–Kier alpha value is -3.09. The molecule has 0 aliphatic rings. The number of hydrogen-bond acceptors (Lipinski definition) is 4. The quantitative estimate of drug-likeness (QED) is 0.298. The second kappa shape index (κ2) is 13.7. The van der Waals surface area contributed by atoms with Gasteiger partial charge in [-0.2, -0.15) is 0 Å². The van der Waals surface area contributed by atoms with Gasteiger partial charge in [-0.1, -0.05) is 41.9 Å². The number of furan rings is 1. The normalized spacial score (nSPS) is 10.8. The second-order valence-electron chi connectivity index (χ2n) is 8.35. The van der Waals surface area contributed by atoms with Crippen molar-refractivity contribution >= 4 is 23.4 Å². The van der Waals surface area contributed by atoms with Crippen LogP contribution in [0.3, 0.4) is 0 Å². The second-order valence-corrected chi connectivity index (χ2v) is 8.78. The van der Waals surface area contributed by atoms with Gasteiger partial charge in [0.05, 0.1) is 6.54 Å². The van der Waals surface area contributed by atoms with Crippen molar-refractivity contribution in [1.29, 1.82) is 0 Å². The van der Waals surface area contributed by atoms with Crippen LogP contribution in [-0.4, -0.2) is 54.5 Å². The number of halogens is 1. The molecule has 0 spiro atoms. The maximum atomic E-state index is 13.5. The fourth-order valence-corrected chi connectivity index (χ4v) is 3.88. The first kappa shape index (κ1) is 26.5. The molecule has 3 aromatic rings. The highest BCUT2D eigenvalue weighted by Crippen LogP contribution is 2.15. The highest BCUT2D eigenvalue weighted by Gasteiger charge is 2.23. The molecule has 0 aliphatic carbocycles. The molecular weight excluding hydrogens is 464 g/mol. The zero-order valence-electron chi connectivity index (χ0n) is 20.4. The van der Waals surface area contributed by atoms with E-state index in [-0.39, 0.29) is 18.4 Å². The third-order valence-electron chi connectivity index (χ3n) is 5.63. The smallest absolute Gasteiger partial charge is 0.254 e. The van der Waals surface area contributed by atoms with E-state index in [1.165, 1.54) is 0 Å². The van der Waals surface area contributed by atoms with Gasteiger partial charge in [-0.25, -0.2) is 0 Å². The van der Waals surface area contributed by atoms with Gasteiger partial charge in [-0.15, -0.1) is 0 Å². The van der Waals surface area contributed by atoms with Gasteiger partial charge in [0.2, 0.25) is 5.91 Å². The Morgan fingerprint density at radius 1 is 0.943 bits per heavy atom. The maximum Gasteiger partial charge on any atom is 0.254 e. The molecule has 0 atom stereocenters. The van der Waals surface area contributed by atoms with Gasteiger partial charge in [-0.3, -0.25) is 9.59 Å². The monoisotopic (exact) mass is 496 g/mol. The van der Waals surface area contributed by atoms with Crippen LogP contribution in [-0.2, 0) is 22.5 Å². The number of hydrogen-bond donors (Lipinski definition) is 0. The summed E-state index contributed by atoms with van der Waals surface area (Å²) >= 11 is 5.99. The standard InChI is InChI=1S/C28H33ClN2O4/c1-3-34-19-7-17-31(28(33)24-11-13-25(29)14-12-24)21-27(32)30(20-26-15-10-22(2)35-26)18-16-23-8-5-4-6-9-23/h4-6,8-15H,3,7,16-21H2,1-2H3. The number of aryl methyl sites for hydroxylation is 1. The highest BCUT2D eigenvalue weighted by molar-refractivity contribution is 6.30. The van der Waals surface area contributed by atoms with E-state index in [4.69, 9.17) is 20.8 Å². The van der Waals surface area contributed by atoms with Crippen molar-refractivity contribution in [1.82, 2.24) is 9.80 Å². The van der Waals surface area contributed by atoms with Gasteiger partial charge in [0, 0.05) is 36.9 Å². The molecule has 1 heterocycles. The first-order chi connectivity index (χ1) is 17.0. The molecule has 1 aromatic heterocycles. The summed E-state index contributed by atoms with van der Waals surface area (Å²) in [4.78, 5) is 30.1. The van der Waals surface area contributed by atoms with E-state index >= 15 is 0 Å². The molecule has 2 aromatic carbocycles. The Morgan fingerprint density at radius 2 is 1.69 bits per heavy atom. The minimum Gasteiger partial charge on any atom is -0.464 e. The molecule has 0 N–H and O–H groups in total. The van der Waals surface area contributed by atoms with Gasteiger partial charge in [-0.05, 0) is 68.7 Å². The number of rotatable bonds is 13. The molecular formula is C28H33ClN2O4. The summed E-state index contributed by atoms with van der Waals surface area (Å²) in [5.41, 5.74) is 1.64. The molecule has 186 valence electrons. The Balaban J connectivity index is 1.75. The van der Waals surface area contributed by atoms with Gasteiger partial charge >= 0.3 is 0 Å². The largest absolute Gasteiger partial charge is 0.464 e. The summed E-state index contributed by atoms with van der Waals surface area (Å²) in [6.07, 6.45) is 1.35. The van der Waals surface area contributed by atoms with Crippen LogP contribution in [0.4, 0.5) is 0 Å². The van der Waals surface area contributed by atoms with E-state index < -0.39 is 0 Å². The third kappa shape index (κ3) is 8.57. The lowest BCUT2D eigenvalue weighted by Gasteiger charge is -2.27. The fourth-order valence-electron chi connectivity index (χ4n) is 3.75. The maximum absolute atomic E-state index is 13.5. The Kier molecular flexibility index (Phi) is 10.4. The van der Waals surface area contributed by atoms with Crippen molar-refractivity contribution in [3.8, 4) is 0 Å². The topological polar surface area (TPSA) is 63.0 Å².